The summed E-state index contributed by atoms with van der Waals surface area (Å²) >= 11 is 0. The molecule has 4 rings (SSSR count). The molecule has 0 aromatic carbocycles. The smallest absolute Gasteiger partial charge is 0.0757 e. The van der Waals surface area contributed by atoms with E-state index in [0.717, 1.165) is 44.9 Å². The Morgan fingerprint density at radius 1 is 0.957 bits per heavy atom. The summed E-state index contributed by atoms with van der Waals surface area (Å²) in [5.41, 5.74) is 0.762. The van der Waals surface area contributed by atoms with Gasteiger partial charge in [-0.1, -0.05) is 25.5 Å². The number of hydrogen-bond acceptors (Lipinski definition) is 3. The molecule has 0 aliphatic heterocycles. The third-order valence-corrected chi connectivity index (χ3v) is 8.67. The summed E-state index contributed by atoms with van der Waals surface area (Å²) in [4.78, 5) is 0. The Morgan fingerprint density at radius 3 is 2.39 bits per heavy atom. The van der Waals surface area contributed by atoms with E-state index in [9.17, 15) is 15.3 Å². The quantitative estimate of drug-likeness (QED) is 0.601. The summed E-state index contributed by atoms with van der Waals surface area (Å²) in [6, 6.07) is 0. The monoisotopic (exact) mass is 320 g/mol. The van der Waals surface area contributed by atoms with Gasteiger partial charge in [-0.05, 0) is 80.5 Å². The van der Waals surface area contributed by atoms with Crippen LogP contribution in [0.3, 0.4) is 0 Å². The van der Waals surface area contributed by atoms with Crippen LogP contribution in [0.25, 0.3) is 0 Å². The molecule has 3 heteroatoms. The van der Waals surface area contributed by atoms with Crippen molar-refractivity contribution >= 4 is 0 Å². The minimum Gasteiger partial charge on any atom is -0.393 e. The number of rotatable bonds is 0. The largest absolute Gasteiger partial charge is 0.393 e. The molecule has 3 saturated carbocycles. The van der Waals surface area contributed by atoms with Crippen molar-refractivity contribution in [3.05, 3.63) is 11.6 Å². The van der Waals surface area contributed by atoms with Gasteiger partial charge in [-0.25, -0.2) is 0 Å². The molecule has 0 spiro atoms. The van der Waals surface area contributed by atoms with Gasteiger partial charge in [0.25, 0.3) is 0 Å². The molecule has 0 radical (unpaired) electrons. The van der Waals surface area contributed by atoms with Crippen LogP contribution in [0.4, 0.5) is 0 Å². The highest BCUT2D eigenvalue weighted by atomic mass is 16.3. The van der Waals surface area contributed by atoms with Crippen molar-refractivity contribution in [2.45, 2.75) is 83.5 Å². The first-order valence-electron chi connectivity index (χ1n) is 9.49. The van der Waals surface area contributed by atoms with Gasteiger partial charge in [0.2, 0.25) is 0 Å². The second-order valence-electron chi connectivity index (χ2n) is 9.56. The molecule has 3 fully saturated rings. The minimum atomic E-state index is -0.601. The van der Waals surface area contributed by atoms with Gasteiger partial charge in [0, 0.05) is 0 Å². The van der Waals surface area contributed by atoms with Crippen molar-refractivity contribution < 1.29 is 15.3 Å². The summed E-state index contributed by atoms with van der Waals surface area (Å²) in [6.45, 7) is 6.62. The maximum Gasteiger partial charge on any atom is 0.0757 e. The molecule has 0 aromatic rings. The first-order chi connectivity index (χ1) is 10.7. The first kappa shape index (κ1) is 16.1. The average Bonchev–Trinajstić information content (AvgIpc) is 2.72. The van der Waals surface area contributed by atoms with E-state index >= 15 is 0 Å². The van der Waals surface area contributed by atoms with Crippen LogP contribution in [-0.4, -0.2) is 33.1 Å². The Balaban J connectivity index is 1.74. The van der Waals surface area contributed by atoms with Gasteiger partial charge in [0.05, 0.1) is 17.8 Å². The third-order valence-electron chi connectivity index (χ3n) is 8.67. The molecule has 0 bridgehead atoms. The Labute approximate surface area is 139 Å². The van der Waals surface area contributed by atoms with Gasteiger partial charge in [-0.2, -0.15) is 0 Å². The van der Waals surface area contributed by atoms with E-state index in [1.807, 2.05) is 6.92 Å². The standard InChI is InChI=1S/C20H32O3/c1-18-7-4-13(21)10-12(18)11-16(22)17-14(18)5-8-19(2)15(17)6-9-20(19,3)23/h11,13-17,21-23H,4-10H2,1-3H3/t13?,14?,15?,16?,17?,18?,19?,20-/m0/s1. The van der Waals surface area contributed by atoms with E-state index in [1.54, 1.807) is 0 Å². The molecule has 4 aliphatic carbocycles. The molecule has 4 aliphatic rings. The lowest BCUT2D eigenvalue weighted by Crippen LogP contribution is -2.57. The number of aliphatic hydroxyl groups is 3. The van der Waals surface area contributed by atoms with E-state index in [-0.39, 0.29) is 22.9 Å². The third kappa shape index (κ3) is 1.99. The van der Waals surface area contributed by atoms with Crippen molar-refractivity contribution in [1.29, 1.82) is 0 Å². The summed E-state index contributed by atoms with van der Waals surface area (Å²) < 4.78 is 0. The molecule has 0 saturated heterocycles. The van der Waals surface area contributed by atoms with E-state index in [4.69, 9.17) is 0 Å². The van der Waals surface area contributed by atoms with Crippen LogP contribution < -0.4 is 0 Å². The van der Waals surface area contributed by atoms with Crippen molar-refractivity contribution in [2.75, 3.05) is 0 Å². The van der Waals surface area contributed by atoms with Crippen LogP contribution in [0.1, 0.15) is 65.7 Å². The second kappa shape index (κ2) is 4.83. The normalized spacial score (nSPS) is 58.9. The van der Waals surface area contributed by atoms with Crippen LogP contribution >= 0.6 is 0 Å². The van der Waals surface area contributed by atoms with Gasteiger partial charge in [0.1, 0.15) is 0 Å². The Morgan fingerprint density at radius 2 is 1.65 bits per heavy atom. The predicted molar refractivity (Wildman–Crippen MR) is 89.7 cm³/mol. The van der Waals surface area contributed by atoms with Crippen molar-refractivity contribution in [1.82, 2.24) is 0 Å². The number of hydrogen-bond donors (Lipinski definition) is 3. The molecule has 23 heavy (non-hydrogen) atoms. The fourth-order valence-electron chi connectivity index (χ4n) is 6.87. The van der Waals surface area contributed by atoms with Crippen LogP contribution in [0.15, 0.2) is 11.6 Å². The van der Waals surface area contributed by atoms with Gasteiger partial charge < -0.3 is 15.3 Å². The summed E-state index contributed by atoms with van der Waals surface area (Å²) in [7, 11) is 0. The minimum absolute atomic E-state index is 0.0645. The molecule has 0 aromatic heterocycles. The second-order valence-corrected chi connectivity index (χ2v) is 9.56. The van der Waals surface area contributed by atoms with Crippen LogP contribution in [0.5, 0.6) is 0 Å². The zero-order valence-electron chi connectivity index (χ0n) is 14.8. The zero-order chi connectivity index (χ0) is 16.6. The lowest BCUT2D eigenvalue weighted by molar-refractivity contribution is -0.136. The summed E-state index contributed by atoms with van der Waals surface area (Å²) in [5.74, 6) is 1.18. The molecule has 130 valence electrons. The lowest BCUT2D eigenvalue weighted by atomic mass is 9.46. The van der Waals surface area contributed by atoms with E-state index < -0.39 is 11.7 Å². The molecule has 3 N–H and O–H groups in total. The topological polar surface area (TPSA) is 60.7 Å². The van der Waals surface area contributed by atoms with Gasteiger partial charge in [-0.15, -0.1) is 0 Å². The van der Waals surface area contributed by atoms with Crippen LogP contribution in [-0.2, 0) is 0 Å². The summed E-state index contributed by atoms with van der Waals surface area (Å²) in [5, 5.41) is 31.9. The van der Waals surface area contributed by atoms with Crippen molar-refractivity contribution in [3.63, 3.8) is 0 Å². The molecule has 8 atom stereocenters. The van der Waals surface area contributed by atoms with E-state index in [1.165, 1.54) is 5.57 Å². The number of aliphatic hydroxyl groups excluding tert-OH is 2. The van der Waals surface area contributed by atoms with Gasteiger partial charge in [0.15, 0.2) is 0 Å². The zero-order valence-corrected chi connectivity index (χ0v) is 14.8. The van der Waals surface area contributed by atoms with Crippen LogP contribution in [0.2, 0.25) is 0 Å². The molecule has 7 unspecified atom stereocenters. The molecular formula is C20H32O3. The highest BCUT2D eigenvalue weighted by molar-refractivity contribution is 5.28. The predicted octanol–water partition coefficient (Wildman–Crippen LogP) is 3.03. The van der Waals surface area contributed by atoms with Crippen LogP contribution in [0, 0.1) is 28.6 Å². The Kier molecular flexibility index (Phi) is 3.38. The van der Waals surface area contributed by atoms with Gasteiger partial charge in [-0.3, -0.25) is 0 Å². The SMILES string of the molecule is CC12CCC(O)CC1=CC(O)C1C2CCC2(C)C1CC[C@]2(C)O. The highest BCUT2D eigenvalue weighted by Crippen LogP contribution is 2.66. The molecule has 3 nitrogen and oxygen atoms in total. The van der Waals surface area contributed by atoms with Gasteiger partial charge >= 0.3 is 0 Å². The fourth-order valence-corrected chi connectivity index (χ4v) is 6.87. The molecule has 0 heterocycles. The maximum absolute atomic E-state index is 10.9. The average molecular weight is 320 g/mol. The highest BCUT2D eigenvalue weighted by Gasteiger charge is 2.63. The molecular weight excluding hydrogens is 288 g/mol. The molecule has 0 amide bonds. The fraction of sp³-hybridized carbons (Fsp3) is 0.900. The Hall–Kier alpha value is -0.380. The van der Waals surface area contributed by atoms with Crippen molar-refractivity contribution in [2.24, 2.45) is 28.6 Å². The number of fused-ring (bicyclic) bond motifs is 5. The Bertz CT molecular complexity index is 539. The lowest BCUT2D eigenvalue weighted by Gasteiger charge is -2.59. The summed E-state index contributed by atoms with van der Waals surface area (Å²) in [6.07, 6.45) is 8.11. The van der Waals surface area contributed by atoms with E-state index in [2.05, 4.69) is 19.9 Å². The maximum atomic E-state index is 10.9. The van der Waals surface area contributed by atoms with E-state index in [0.29, 0.717) is 11.8 Å². The first-order valence-corrected chi connectivity index (χ1v) is 9.49. The van der Waals surface area contributed by atoms with Crippen molar-refractivity contribution in [3.8, 4) is 0 Å².